The Morgan fingerprint density at radius 1 is 1.29 bits per heavy atom. The molecule has 1 heterocycles. The van der Waals surface area contributed by atoms with Crippen molar-refractivity contribution in [3.63, 3.8) is 0 Å². The number of aromatic nitrogens is 1. The summed E-state index contributed by atoms with van der Waals surface area (Å²) < 4.78 is 0. The Labute approximate surface area is 136 Å². The van der Waals surface area contributed by atoms with Gasteiger partial charge in [0.05, 0.1) is 11.7 Å². The SMILES string of the molecule is CCCNC(c1ccc(C)c(Cl)c1)c1nc(CC)c(C)s1. The van der Waals surface area contributed by atoms with E-state index in [0.717, 1.165) is 35.0 Å². The molecule has 2 rings (SSSR count). The first-order valence-electron chi connectivity index (χ1n) is 7.52. The number of hydrogen-bond acceptors (Lipinski definition) is 3. The van der Waals surface area contributed by atoms with Crippen LogP contribution in [0, 0.1) is 13.8 Å². The Balaban J connectivity index is 2.38. The molecule has 0 fully saturated rings. The summed E-state index contributed by atoms with van der Waals surface area (Å²) in [6.07, 6.45) is 2.08. The van der Waals surface area contributed by atoms with Crippen LogP contribution in [0.4, 0.5) is 0 Å². The van der Waals surface area contributed by atoms with Crippen LogP contribution in [0.5, 0.6) is 0 Å². The Kier molecular flexibility index (Phi) is 5.80. The van der Waals surface area contributed by atoms with Gasteiger partial charge < -0.3 is 5.32 Å². The van der Waals surface area contributed by atoms with E-state index >= 15 is 0 Å². The number of nitrogens with zero attached hydrogens (tertiary/aromatic N) is 1. The van der Waals surface area contributed by atoms with Gasteiger partial charge in [0.1, 0.15) is 5.01 Å². The van der Waals surface area contributed by atoms with Crippen LogP contribution < -0.4 is 5.32 Å². The van der Waals surface area contributed by atoms with E-state index in [0.29, 0.717) is 0 Å². The van der Waals surface area contributed by atoms with Crippen molar-refractivity contribution in [3.8, 4) is 0 Å². The minimum absolute atomic E-state index is 0.132. The van der Waals surface area contributed by atoms with Crippen LogP contribution in [0.1, 0.15) is 53.0 Å². The highest BCUT2D eigenvalue weighted by Gasteiger charge is 2.19. The zero-order valence-corrected chi connectivity index (χ0v) is 14.7. The van der Waals surface area contributed by atoms with Gasteiger partial charge in [-0.2, -0.15) is 0 Å². The molecule has 114 valence electrons. The lowest BCUT2D eigenvalue weighted by Gasteiger charge is -2.17. The maximum Gasteiger partial charge on any atom is 0.115 e. The van der Waals surface area contributed by atoms with E-state index in [1.807, 2.05) is 6.92 Å². The summed E-state index contributed by atoms with van der Waals surface area (Å²) in [5.74, 6) is 0. The van der Waals surface area contributed by atoms with Crippen LogP contribution in [-0.2, 0) is 6.42 Å². The summed E-state index contributed by atoms with van der Waals surface area (Å²) in [6, 6.07) is 6.43. The monoisotopic (exact) mass is 322 g/mol. The molecule has 21 heavy (non-hydrogen) atoms. The van der Waals surface area contributed by atoms with E-state index in [1.54, 1.807) is 11.3 Å². The van der Waals surface area contributed by atoms with Gasteiger partial charge >= 0.3 is 0 Å². The summed E-state index contributed by atoms with van der Waals surface area (Å²) in [5, 5.41) is 5.56. The van der Waals surface area contributed by atoms with E-state index in [2.05, 4.69) is 44.3 Å². The van der Waals surface area contributed by atoms with Gasteiger partial charge in [-0.05, 0) is 50.4 Å². The lowest BCUT2D eigenvalue weighted by Crippen LogP contribution is -2.23. The molecule has 0 amide bonds. The number of benzene rings is 1. The highest BCUT2D eigenvalue weighted by Crippen LogP contribution is 2.30. The number of rotatable bonds is 6. The molecule has 0 aliphatic rings. The lowest BCUT2D eigenvalue weighted by atomic mass is 10.1. The standard InChI is InChI=1S/C17H23ClN2S/c1-5-9-19-16(13-8-7-11(3)14(18)10-13)17-20-15(6-2)12(4)21-17/h7-8,10,16,19H,5-6,9H2,1-4H3. The summed E-state index contributed by atoms with van der Waals surface area (Å²) in [6.45, 7) is 9.48. The van der Waals surface area contributed by atoms with Crippen LogP contribution in [0.3, 0.4) is 0 Å². The number of hydrogen-bond donors (Lipinski definition) is 1. The van der Waals surface area contributed by atoms with Crippen molar-refractivity contribution in [3.05, 3.63) is 49.9 Å². The van der Waals surface area contributed by atoms with Crippen LogP contribution in [-0.4, -0.2) is 11.5 Å². The summed E-state index contributed by atoms with van der Waals surface area (Å²) in [4.78, 5) is 6.14. The molecule has 0 aliphatic carbocycles. The van der Waals surface area contributed by atoms with E-state index in [-0.39, 0.29) is 6.04 Å². The molecule has 2 aromatic rings. The molecular weight excluding hydrogens is 300 g/mol. The van der Waals surface area contributed by atoms with Crippen molar-refractivity contribution in [2.24, 2.45) is 0 Å². The third-order valence-electron chi connectivity index (χ3n) is 3.62. The average Bonchev–Trinajstić information content (AvgIpc) is 2.84. The van der Waals surface area contributed by atoms with Gasteiger partial charge in [-0.25, -0.2) is 4.98 Å². The second-order valence-corrected chi connectivity index (χ2v) is 6.95. The molecule has 4 heteroatoms. The zero-order valence-electron chi connectivity index (χ0n) is 13.2. The molecule has 1 atom stereocenters. The molecule has 1 unspecified atom stereocenters. The molecule has 0 saturated heterocycles. The second-order valence-electron chi connectivity index (χ2n) is 5.30. The van der Waals surface area contributed by atoms with Crippen molar-refractivity contribution < 1.29 is 0 Å². The van der Waals surface area contributed by atoms with Crippen LogP contribution >= 0.6 is 22.9 Å². The molecule has 0 aliphatic heterocycles. The first-order chi connectivity index (χ1) is 10.1. The predicted octanol–water partition coefficient (Wildman–Crippen LogP) is 5.06. The molecule has 2 nitrogen and oxygen atoms in total. The molecule has 0 bridgehead atoms. The van der Waals surface area contributed by atoms with Gasteiger partial charge in [0.25, 0.3) is 0 Å². The van der Waals surface area contributed by atoms with Gasteiger partial charge in [-0.3, -0.25) is 0 Å². The fourth-order valence-corrected chi connectivity index (χ4v) is 3.63. The maximum absolute atomic E-state index is 6.30. The third-order valence-corrected chi connectivity index (χ3v) is 5.10. The number of thiazole rings is 1. The first-order valence-corrected chi connectivity index (χ1v) is 8.71. The Morgan fingerprint density at radius 3 is 2.62 bits per heavy atom. The minimum atomic E-state index is 0.132. The topological polar surface area (TPSA) is 24.9 Å². The average molecular weight is 323 g/mol. The minimum Gasteiger partial charge on any atom is -0.304 e. The second kappa shape index (κ2) is 7.39. The molecule has 0 saturated carbocycles. The van der Waals surface area contributed by atoms with Crippen LogP contribution in [0.25, 0.3) is 0 Å². The number of nitrogens with one attached hydrogen (secondary N) is 1. The zero-order chi connectivity index (χ0) is 15.4. The van der Waals surface area contributed by atoms with E-state index in [1.165, 1.54) is 16.1 Å². The van der Waals surface area contributed by atoms with E-state index in [9.17, 15) is 0 Å². The number of halogens is 1. The summed E-state index contributed by atoms with van der Waals surface area (Å²) in [7, 11) is 0. The maximum atomic E-state index is 6.30. The normalized spacial score (nSPS) is 12.6. The highest BCUT2D eigenvalue weighted by atomic mass is 35.5. The molecule has 1 aromatic heterocycles. The first kappa shape index (κ1) is 16.5. The predicted molar refractivity (Wildman–Crippen MR) is 92.6 cm³/mol. The fourth-order valence-electron chi connectivity index (χ4n) is 2.33. The van der Waals surface area contributed by atoms with Crippen molar-refractivity contribution in [1.29, 1.82) is 0 Å². The van der Waals surface area contributed by atoms with Gasteiger partial charge in [0.15, 0.2) is 0 Å². The van der Waals surface area contributed by atoms with Gasteiger partial charge in [0.2, 0.25) is 0 Å². The van der Waals surface area contributed by atoms with Crippen LogP contribution in [0.15, 0.2) is 18.2 Å². The summed E-state index contributed by atoms with van der Waals surface area (Å²) in [5.41, 5.74) is 3.51. The van der Waals surface area contributed by atoms with Gasteiger partial charge in [-0.1, -0.05) is 37.6 Å². The third kappa shape index (κ3) is 3.85. The smallest absolute Gasteiger partial charge is 0.115 e. The van der Waals surface area contributed by atoms with Crippen LogP contribution in [0.2, 0.25) is 5.02 Å². The van der Waals surface area contributed by atoms with Crippen molar-refractivity contribution in [2.75, 3.05) is 6.54 Å². The summed E-state index contributed by atoms with van der Waals surface area (Å²) >= 11 is 8.08. The molecule has 1 N–H and O–H groups in total. The largest absolute Gasteiger partial charge is 0.304 e. The molecule has 0 radical (unpaired) electrons. The molecular formula is C17H23ClN2S. The quantitative estimate of drug-likeness (QED) is 0.803. The van der Waals surface area contributed by atoms with E-state index < -0.39 is 0 Å². The van der Waals surface area contributed by atoms with E-state index in [4.69, 9.17) is 16.6 Å². The van der Waals surface area contributed by atoms with Crippen molar-refractivity contribution in [2.45, 2.75) is 46.6 Å². The van der Waals surface area contributed by atoms with Gasteiger partial charge in [0, 0.05) is 9.90 Å². The van der Waals surface area contributed by atoms with Crippen molar-refractivity contribution >= 4 is 22.9 Å². The molecule has 1 aromatic carbocycles. The Hall–Kier alpha value is -0.900. The fraction of sp³-hybridized carbons (Fsp3) is 0.471. The highest BCUT2D eigenvalue weighted by molar-refractivity contribution is 7.11. The number of aryl methyl sites for hydroxylation is 3. The van der Waals surface area contributed by atoms with Crippen molar-refractivity contribution in [1.82, 2.24) is 10.3 Å². The Morgan fingerprint density at radius 2 is 2.05 bits per heavy atom. The van der Waals surface area contributed by atoms with Gasteiger partial charge in [-0.15, -0.1) is 11.3 Å². The molecule has 0 spiro atoms. The Bertz CT molecular complexity index is 607. The lowest BCUT2D eigenvalue weighted by molar-refractivity contribution is 0.594.